The van der Waals surface area contributed by atoms with Crippen molar-refractivity contribution in [1.29, 1.82) is 0 Å². The molecule has 1 aromatic carbocycles. The number of ether oxygens (including phenoxy) is 2. The van der Waals surface area contributed by atoms with Crippen LogP contribution in [0.4, 0.5) is 4.39 Å². The maximum Gasteiger partial charge on any atom is 0.338 e. The summed E-state index contributed by atoms with van der Waals surface area (Å²) in [7, 11) is 1.67. The molecule has 2 aliphatic heterocycles. The van der Waals surface area contributed by atoms with Gasteiger partial charge in [0.05, 0.1) is 36.5 Å². The normalized spacial score (nSPS) is 22.9. The quantitative estimate of drug-likeness (QED) is 0.671. The van der Waals surface area contributed by atoms with Crippen LogP contribution in [0.15, 0.2) is 46.5 Å². The lowest BCUT2D eigenvalue weighted by atomic mass is 10.0. The Morgan fingerprint density at radius 2 is 2.10 bits per heavy atom. The number of carbonyl (C=O) groups is 1. The Hall–Kier alpha value is -1.87. The van der Waals surface area contributed by atoms with Gasteiger partial charge in [0.25, 0.3) is 0 Å². The molecule has 0 amide bonds. The zero-order chi connectivity index (χ0) is 21.7. The number of rotatable bonds is 8. The Bertz CT molecular complexity index is 810. The van der Waals surface area contributed by atoms with E-state index in [2.05, 4.69) is 9.80 Å². The Balaban J connectivity index is 2.04. The van der Waals surface area contributed by atoms with Gasteiger partial charge in [0, 0.05) is 20.2 Å². The third-order valence-electron chi connectivity index (χ3n) is 5.32. The summed E-state index contributed by atoms with van der Waals surface area (Å²) in [6.45, 7) is 6.76. The number of thioether (sulfide) groups is 1. The number of methoxy groups -OCH3 is 1. The van der Waals surface area contributed by atoms with Crippen LogP contribution in [0.3, 0.4) is 0 Å². The molecular formula is C22H29FN2O4S. The number of aliphatic carboxylic acids is 1. The minimum Gasteiger partial charge on any atom is -0.478 e. The average Bonchev–Trinajstić information content (AvgIpc) is 2.72. The van der Waals surface area contributed by atoms with Crippen molar-refractivity contribution >= 4 is 17.7 Å². The fraction of sp³-hybridized carbons (Fsp3) is 0.500. The first-order valence-corrected chi connectivity index (χ1v) is 11.1. The van der Waals surface area contributed by atoms with Gasteiger partial charge in [-0.05, 0) is 42.0 Å². The van der Waals surface area contributed by atoms with E-state index in [1.165, 1.54) is 23.9 Å². The van der Waals surface area contributed by atoms with E-state index in [0.29, 0.717) is 31.9 Å². The van der Waals surface area contributed by atoms with Gasteiger partial charge in [-0.25, -0.2) is 9.18 Å². The number of morpholine rings is 1. The van der Waals surface area contributed by atoms with E-state index in [9.17, 15) is 14.3 Å². The van der Waals surface area contributed by atoms with Gasteiger partial charge in [0.15, 0.2) is 0 Å². The molecule has 0 radical (unpaired) electrons. The van der Waals surface area contributed by atoms with Crippen LogP contribution in [-0.4, -0.2) is 72.3 Å². The molecule has 164 valence electrons. The van der Waals surface area contributed by atoms with Crippen molar-refractivity contribution in [2.45, 2.75) is 32.6 Å². The summed E-state index contributed by atoms with van der Waals surface area (Å²) in [4.78, 5) is 16.5. The molecule has 2 heterocycles. The zero-order valence-electron chi connectivity index (χ0n) is 17.6. The third-order valence-corrected chi connectivity index (χ3v) is 6.32. The van der Waals surface area contributed by atoms with Crippen molar-refractivity contribution in [3.05, 3.63) is 57.9 Å². The lowest BCUT2D eigenvalue weighted by molar-refractivity contribution is -0.132. The smallest absolute Gasteiger partial charge is 0.338 e. The summed E-state index contributed by atoms with van der Waals surface area (Å²) in [5.41, 5.74) is 2.00. The van der Waals surface area contributed by atoms with Gasteiger partial charge in [0.1, 0.15) is 12.0 Å². The molecule has 8 heteroatoms. The van der Waals surface area contributed by atoms with Gasteiger partial charge < -0.3 is 19.5 Å². The SMILES string of the molecule is CCSC1=C(C(=O)O)C(C)=CC(N2CCOC[C@H]2COC)N1Cc1ccc(F)cc1. The lowest BCUT2D eigenvalue weighted by Gasteiger charge is -2.47. The van der Waals surface area contributed by atoms with Crippen molar-refractivity contribution in [3.63, 3.8) is 0 Å². The predicted molar refractivity (Wildman–Crippen MR) is 115 cm³/mol. The number of carboxylic acids is 1. The van der Waals surface area contributed by atoms with Crippen molar-refractivity contribution in [2.24, 2.45) is 0 Å². The Morgan fingerprint density at radius 1 is 1.37 bits per heavy atom. The van der Waals surface area contributed by atoms with Crippen molar-refractivity contribution in [3.8, 4) is 0 Å². The molecule has 2 aliphatic rings. The third kappa shape index (κ3) is 5.06. The Morgan fingerprint density at radius 3 is 2.73 bits per heavy atom. The monoisotopic (exact) mass is 436 g/mol. The van der Waals surface area contributed by atoms with Gasteiger partial charge in [-0.2, -0.15) is 0 Å². The summed E-state index contributed by atoms with van der Waals surface area (Å²) in [6.07, 6.45) is 1.87. The van der Waals surface area contributed by atoms with Gasteiger partial charge in [-0.1, -0.05) is 19.1 Å². The highest BCUT2D eigenvalue weighted by atomic mass is 32.2. The highest BCUT2D eigenvalue weighted by Gasteiger charge is 2.37. The van der Waals surface area contributed by atoms with Crippen molar-refractivity contribution < 1.29 is 23.8 Å². The largest absolute Gasteiger partial charge is 0.478 e. The molecule has 1 fully saturated rings. The van der Waals surface area contributed by atoms with Crippen LogP contribution in [0, 0.1) is 5.82 Å². The number of nitrogens with zero attached hydrogens (tertiary/aromatic N) is 2. The molecule has 1 aromatic rings. The van der Waals surface area contributed by atoms with E-state index < -0.39 is 5.97 Å². The molecule has 1 N–H and O–H groups in total. The molecule has 6 nitrogen and oxygen atoms in total. The first-order chi connectivity index (χ1) is 14.5. The van der Waals surface area contributed by atoms with Crippen molar-refractivity contribution in [2.75, 3.05) is 39.2 Å². The van der Waals surface area contributed by atoms with E-state index in [1.54, 1.807) is 19.2 Å². The van der Waals surface area contributed by atoms with Crippen LogP contribution in [0.1, 0.15) is 19.4 Å². The first kappa shape index (κ1) is 22.8. The second-order valence-electron chi connectivity index (χ2n) is 7.36. The van der Waals surface area contributed by atoms with Crippen LogP contribution in [0.5, 0.6) is 0 Å². The topological polar surface area (TPSA) is 62.2 Å². The van der Waals surface area contributed by atoms with Crippen LogP contribution in [0.25, 0.3) is 0 Å². The van der Waals surface area contributed by atoms with Gasteiger partial charge in [0.2, 0.25) is 0 Å². The van der Waals surface area contributed by atoms with Crippen LogP contribution in [0.2, 0.25) is 0 Å². The molecule has 0 spiro atoms. The highest BCUT2D eigenvalue weighted by Crippen LogP contribution is 2.37. The molecule has 30 heavy (non-hydrogen) atoms. The van der Waals surface area contributed by atoms with Crippen LogP contribution < -0.4 is 0 Å². The first-order valence-electron chi connectivity index (χ1n) is 10.1. The fourth-order valence-corrected chi connectivity index (χ4v) is 4.96. The van der Waals surface area contributed by atoms with E-state index in [1.807, 2.05) is 19.9 Å². The standard InChI is InChI=1S/C22H29FN2O4S/c1-4-30-21-20(22(26)27)15(2)11-19(24-9-10-29-14-18(24)13-28-3)25(21)12-16-5-7-17(23)8-6-16/h5-8,11,18-19H,4,9-10,12-14H2,1-3H3,(H,26,27)/t18-,19?/m1/s1. The summed E-state index contributed by atoms with van der Waals surface area (Å²) < 4.78 is 24.5. The summed E-state index contributed by atoms with van der Waals surface area (Å²) >= 11 is 1.53. The van der Waals surface area contributed by atoms with E-state index in [-0.39, 0.29) is 18.0 Å². The highest BCUT2D eigenvalue weighted by molar-refractivity contribution is 8.03. The van der Waals surface area contributed by atoms with E-state index in [0.717, 1.165) is 28.5 Å². The van der Waals surface area contributed by atoms with E-state index >= 15 is 0 Å². The molecule has 0 bridgehead atoms. The Labute approximate surface area is 181 Å². The lowest BCUT2D eigenvalue weighted by Crippen LogP contribution is -2.58. The second kappa shape index (κ2) is 10.4. The molecule has 0 saturated carbocycles. The number of benzene rings is 1. The van der Waals surface area contributed by atoms with Gasteiger partial charge in [-0.3, -0.25) is 4.90 Å². The molecule has 0 aliphatic carbocycles. The number of halogens is 1. The van der Waals surface area contributed by atoms with E-state index in [4.69, 9.17) is 9.47 Å². The second-order valence-corrected chi connectivity index (χ2v) is 8.61. The molecule has 1 saturated heterocycles. The number of carboxylic acid groups (broad SMARTS) is 1. The zero-order valence-corrected chi connectivity index (χ0v) is 18.5. The Kier molecular flexibility index (Phi) is 7.93. The summed E-state index contributed by atoms with van der Waals surface area (Å²) in [5, 5.41) is 10.7. The molecule has 0 aromatic heterocycles. The fourth-order valence-electron chi connectivity index (χ4n) is 3.96. The maximum absolute atomic E-state index is 13.4. The molecule has 2 atom stereocenters. The van der Waals surface area contributed by atoms with Gasteiger partial charge >= 0.3 is 5.97 Å². The van der Waals surface area contributed by atoms with Crippen molar-refractivity contribution in [1.82, 2.24) is 9.80 Å². The maximum atomic E-state index is 13.4. The molecule has 3 rings (SSSR count). The van der Waals surface area contributed by atoms with Crippen LogP contribution in [-0.2, 0) is 20.8 Å². The molecule has 1 unspecified atom stereocenters. The minimum atomic E-state index is -0.933. The summed E-state index contributed by atoms with van der Waals surface area (Å²) in [6, 6.07) is 6.43. The number of hydrogen-bond acceptors (Lipinski definition) is 6. The summed E-state index contributed by atoms with van der Waals surface area (Å²) in [5.74, 6) is -0.475. The minimum absolute atomic E-state index is 0.0628. The van der Waals surface area contributed by atoms with Gasteiger partial charge in [-0.15, -0.1) is 11.8 Å². The number of hydrogen-bond donors (Lipinski definition) is 1. The average molecular weight is 437 g/mol. The predicted octanol–water partition coefficient (Wildman–Crippen LogP) is 3.31. The molecular weight excluding hydrogens is 407 g/mol. The van der Waals surface area contributed by atoms with Crippen LogP contribution >= 0.6 is 11.8 Å².